The lowest BCUT2D eigenvalue weighted by Crippen LogP contribution is -2.46. The minimum atomic E-state index is -0.503. The standard InChI is InChI=1S/C23H31FN6O/c1-29(2)21-19-5-3-4-6-20(19)27-23(28-21)26-16-9-13-18(14-10-16)30(22(25)31)17-11-7-15(24)8-12-17/h7-8,11-12,16,18H,3-6,9-10,13-14H2,1-2H3,(H2,25,31)(H,26,27,28). The largest absolute Gasteiger partial charge is 0.362 e. The Morgan fingerprint density at radius 2 is 1.74 bits per heavy atom. The number of nitrogens with one attached hydrogen (secondary N) is 1. The molecule has 1 aromatic carbocycles. The van der Waals surface area contributed by atoms with Gasteiger partial charge in [0.05, 0.1) is 5.69 Å². The summed E-state index contributed by atoms with van der Waals surface area (Å²) in [6.45, 7) is 0. The Morgan fingerprint density at radius 1 is 1.06 bits per heavy atom. The van der Waals surface area contributed by atoms with Crippen molar-refractivity contribution in [2.24, 2.45) is 5.73 Å². The quantitative estimate of drug-likeness (QED) is 0.758. The molecule has 0 unspecified atom stereocenters. The van der Waals surface area contributed by atoms with E-state index < -0.39 is 6.03 Å². The van der Waals surface area contributed by atoms with E-state index in [1.54, 1.807) is 17.0 Å². The molecule has 166 valence electrons. The maximum absolute atomic E-state index is 13.3. The first-order valence-corrected chi connectivity index (χ1v) is 11.1. The summed E-state index contributed by atoms with van der Waals surface area (Å²) in [7, 11) is 4.06. The molecule has 0 spiro atoms. The van der Waals surface area contributed by atoms with Crippen molar-refractivity contribution in [2.45, 2.75) is 63.5 Å². The summed E-state index contributed by atoms with van der Waals surface area (Å²) in [5, 5.41) is 3.53. The van der Waals surface area contributed by atoms with Gasteiger partial charge in [0.25, 0.3) is 0 Å². The predicted octanol–water partition coefficient (Wildman–Crippen LogP) is 3.87. The van der Waals surface area contributed by atoms with Crippen molar-refractivity contribution in [2.75, 3.05) is 29.2 Å². The Kier molecular flexibility index (Phi) is 6.25. The summed E-state index contributed by atoms with van der Waals surface area (Å²) < 4.78 is 13.3. The number of aryl methyl sites for hydroxylation is 1. The SMILES string of the molecule is CN(C)c1nc(NC2CCC(N(C(N)=O)c3ccc(F)cc3)CC2)nc2c1CCCC2. The van der Waals surface area contributed by atoms with Gasteiger partial charge in [0.15, 0.2) is 0 Å². The van der Waals surface area contributed by atoms with Gasteiger partial charge in [-0.1, -0.05) is 0 Å². The number of primary amides is 1. The van der Waals surface area contributed by atoms with E-state index in [4.69, 9.17) is 15.7 Å². The molecular formula is C23H31FN6O. The zero-order valence-electron chi connectivity index (χ0n) is 18.3. The van der Waals surface area contributed by atoms with Gasteiger partial charge in [0, 0.05) is 37.4 Å². The van der Waals surface area contributed by atoms with Crippen LogP contribution < -0.4 is 20.9 Å². The fraction of sp³-hybridized carbons (Fsp3) is 0.522. The van der Waals surface area contributed by atoms with E-state index in [9.17, 15) is 9.18 Å². The predicted molar refractivity (Wildman–Crippen MR) is 121 cm³/mol. The Bertz CT molecular complexity index is 924. The number of nitrogens with two attached hydrogens (primary N) is 1. The van der Waals surface area contributed by atoms with Crippen LogP contribution in [0.5, 0.6) is 0 Å². The van der Waals surface area contributed by atoms with E-state index in [1.807, 2.05) is 14.1 Å². The van der Waals surface area contributed by atoms with Gasteiger partial charge in [-0.25, -0.2) is 14.2 Å². The van der Waals surface area contributed by atoms with E-state index in [1.165, 1.54) is 30.5 Å². The summed E-state index contributed by atoms with van der Waals surface area (Å²) in [4.78, 5) is 25.4. The number of aromatic nitrogens is 2. The molecule has 1 heterocycles. The lowest BCUT2D eigenvalue weighted by molar-refractivity contribution is 0.248. The molecule has 1 fully saturated rings. The minimum Gasteiger partial charge on any atom is -0.362 e. The average molecular weight is 427 g/mol. The van der Waals surface area contributed by atoms with Crippen LogP contribution in [0.25, 0.3) is 0 Å². The van der Waals surface area contributed by atoms with Crippen molar-refractivity contribution in [1.82, 2.24) is 9.97 Å². The van der Waals surface area contributed by atoms with Gasteiger partial charge >= 0.3 is 6.03 Å². The molecule has 0 radical (unpaired) electrons. The van der Waals surface area contributed by atoms with Crippen LogP contribution in [0.4, 0.5) is 26.6 Å². The number of hydrogen-bond donors (Lipinski definition) is 2. The summed E-state index contributed by atoms with van der Waals surface area (Å²) in [6, 6.07) is 5.67. The van der Waals surface area contributed by atoms with Crippen LogP contribution in [0, 0.1) is 5.82 Å². The highest BCUT2D eigenvalue weighted by atomic mass is 19.1. The average Bonchev–Trinajstić information content (AvgIpc) is 2.75. The molecule has 2 aliphatic rings. The molecule has 1 aromatic heterocycles. The van der Waals surface area contributed by atoms with Gasteiger partial charge in [-0.3, -0.25) is 4.90 Å². The zero-order valence-corrected chi connectivity index (χ0v) is 18.3. The second-order valence-electron chi connectivity index (χ2n) is 8.73. The molecule has 7 nitrogen and oxygen atoms in total. The number of halogens is 1. The first-order chi connectivity index (χ1) is 14.9. The minimum absolute atomic E-state index is 0.00259. The van der Waals surface area contributed by atoms with E-state index >= 15 is 0 Å². The number of carbonyl (C=O) groups excluding carboxylic acids is 1. The molecule has 0 aliphatic heterocycles. The first kappa shape index (κ1) is 21.3. The van der Waals surface area contributed by atoms with Gasteiger partial charge in [-0.15, -0.1) is 0 Å². The van der Waals surface area contributed by atoms with Gasteiger partial charge in [0.1, 0.15) is 11.6 Å². The maximum Gasteiger partial charge on any atom is 0.319 e. The Balaban J connectivity index is 1.44. The highest BCUT2D eigenvalue weighted by Gasteiger charge is 2.30. The van der Waals surface area contributed by atoms with E-state index in [2.05, 4.69) is 10.2 Å². The summed E-state index contributed by atoms with van der Waals surface area (Å²) in [5.74, 6) is 1.37. The number of fused-ring (bicyclic) bond motifs is 1. The lowest BCUT2D eigenvalue weighted by Gasteiger charge is -2.36. The molecule has 2 aromatic rings. The van der Waals surface area contributed by atoms with Gasteiger partial charge in [-0.05, 0) is 75.6 Å². The van der Waals surface area contributed by atoms with Crippen molar-refractivity contribution in [3.63, 3.8) is 0 Å². The Morgan fingerprint density at radius 3 is 2.39 bits per heavy atom. The molecule has 1 saturated carbocycles. The normalized spacial score (nSPS) is 20.6. The first-order valence-electron chi connectivity index (χ1n) is 11.1. The summed E-state index contributed by atoms with van der Waals surface area (Å²) in [5.41, 5.74) is 8.74. The zero-order chi connectivity index (χ0) is 22.0. The molecule has 2 amide bonds. The number of rotatable bonds is 5. The number of amides is 2. The van der Waals surface area contributed by atoms with Gasteiger partial charge in [-0.2, -0.15) is 4.98 Å². The molecule has 2 aliphatic carbocycles. The highest BCUT2D eigenvalue weighted by molar-refractivity contribution is 5.91. The Labute approximate surface area is 182 Å². The van der Waals surface area contributed by atoms with Gasteiger partial charge < -0.3 is 16.0 Å². The fourth-order valence-electron chi connectivity index (χ4n) is 4.79. The van der Waals surface area contributed by atoms with Crippen LogP contribution in [0.1, 0.15) is 49.8 Å². The van der Waals surface area contributed by atoms with Crippen LogP contribution in [-0.4, -0.2) is 42.2 Å². The second-order valence-corrected chi connectivity index (χ2v) is 8.73. The fourth-order valence-corrected chi connectivity index (χ4v) is 4.79. The topological polar surface area (TPSA) is 87.4 Å². The molecular weight excluding hydrogens is 395 g/mol. The van der Waals surface area contributed by atoms with Crippen LogP contribution >= 0.6 is 0 Å². The molecule has 31 heavy (non-hydrogen) atoms. The van der Waals surface area contributed by atoms with Crippen molar-refractivity contribution < 1.29 is 9.18 Å². The van der Waals surface area contributed by atoms with Crippen LogP contribution in [-0.2, 0) is 12.8 Å². The van der Waals surface area contributed by atoms with Crippen LogP contribution in [0.15, 0.2) is 24.3 Å². The van der Waals surface area contributed by atoms with Crippen molar-refractivity contribution in [1.29, 1.82) is 0 Å². The molecule has 0 atom stereocenters. The Hall–Kier alpha value is -2.90. The molecule has 3 N–H and O–H groups in total. The third-order valence-corrected chi connectivity index (χ3v) is 6.32. The number of anilines is 3. The number of carbonyl (C=O) groups is 1. The van der Waals surface area contributed by atoms with Crippen LogP contribution in [0.2, 0.25) is 0 Å². The smallest absolute Gasteiger partial charge is 0.319 e. The van der Waals surface area contributed by atoms with Gasteiger partial charge in [0.2, 0.25) is 5.95 Å². The maximum atomic E-state index is 13.3. The van der Waals surface area contributed by atoms with E-state index in [0.717, 1.165) is 50.0 Å². The summed E-state index contributed by atoms with van der Waals surface area (Å²) in [6.07, 6.45) is 7.80. The number of nitrogens with zero attached hydrogens (tertiary/aromatic N) is 4. The molecule has 8 heteroatoms. The monoisotopic (exact) mass is 426 g/mol. The van der Waals surface area contributed by atoms with E-state index in [0.29, 0.717) is 11.6 Å². The molecule has 0 saturated heterocycles. The van der Waals surface area contributed by atoms with Crippen LogP contribution in [0.3, 0.4) is 0 Å². The number of hydrogen-bond acceptors (Lipinski definition) is 5. The van der Waals surface area contributed by atoms with Crippen molar-refractivity contribution >= 4 is 23.5 Å². The van der Waals surface area contributed by atoms with Crippen molar-refractivity contribution in [3.8, 4) is 0 Å². The highest BCUT2D eigenvalue weighted by Crippen LogP contribution is 2.31. The van der Waals surface area contributed by atoms with E-state index in [-0.39, 0.29) is 17.9 Å². The second kappa shape index (κ2) is 9.08. The third-order valence-electron chi connectivity index (χ3n) is 6.32. The number of benzene rings is 1. The molecule has 4 rings (SSSR count). The summed E-state index contributed by atoms with van der Waals surface area (Å²) >= 11 is 0. The van der Waals surface area contributed by atoms with Crippen molar-refractivity contribution in [3.05, 3.63) is 41.3 Å². The third kappa shape index (κ3) is 4.73. The number of urea groups is 1. The lowest BCUT2D eigenvalue weighted by atomic mass is 9.90. The molecule has 0 bridgehead atoms.